The molecule has 0 aliphatic rings. The van der Waals surface area contributed by atoms with E-state index in [1.54, 1.807) is 36.4 Å². The van der Waals surface area contributed by atoms with E-state index in [-0.39, 0.29) is 12.6 Å². The lowest BCUT2D eigenvalue weighted by Crippen LogP contribution is -1.99. The lowest BCUT2D eigenvalue weighted by molar-refractivity contribution is -0.139. The van der Waals surface area contributed by atoms with E-state index in [0.29, 0.717) is 17.9 Å². The summed E-state index contributed by atoms with van der Waals surface area (Å²) in [6.07, 6.45) is 4.16. The van der Waals surface area contributed by atoms with Gasteiger partial charge in [-0.05, 0) is 24.3 Å². The van der Waals surface area contributed by atoms with Gasteiger partial charge >= 0.3 is 5.97 Å². The smallest absolute Gasteiger partial charge is 0.302 e. The molecule has 0 unspecified atom stereocenters. The molecule has 0 aliphatic heterocycles. The van der Waals surface area contributed by atoms with E-state index < -0.39 is 0 Å². The summed E-state index contributed by atoms with van der Waals surface area (Å²) in [4.78, 5) is 21.1. The maximum atomic E-state index is 10.7. The number of ether oxygens (including phenoxy) is 2. The fourth-order valence-electron chi connectivity index (χ4n) is 1.15. The van der Waals surface area contributed by atoms with Gasteiger partial charge in [-0.1, -0.05) is 12.1 Å². The number of hydrogen-bond donors (Lipinski definition) is 0. The predicted octanol–water partition coefficient (Wildman–Crippen LogP) is 2.00. The maximum absolute atomic E-state index is 10.7. The molecule has 0 N–H and O–H groups in total. The Kier molecular flexibility index (Phi) is 5.51. The van der Waals surface area contributed by atoms with Crippen molar-refractivity contribution < 1.29 is 19.1 Å². The molecule has 0 spiro atoms. The predicted molar refractivity (Wildman–Crippen MR) is 63.1 cm³/mol. The van der Waals surface area contributed by atoms with Crippen LogP contribution >= 0.6 is 0 Å². The highest BCUT2D eigenvalue weighted by molar-refractivity contribution is 5.79. The van der Waals surface area contributed by atoms with Crippen molar-refractivity contribution in [2.45, 2.75) is 6.92 Å². The molecule has 1 rings (SSSR count). The Morgan fingerprint density at radius 2 is 1.94 bits per heavy atom. The van der Waals surface area contributed by atoms with Crippen LogP contribution in [0.3, 0.4) is 0 Å². The van der Waals surface area contributed by atoms with Crippen LogP contribution < -0.4 is 4.74 Å². The van der Waals surface area contributed by atoms with Gasteiger partial charge in [0.1, 0.15) is 19.0 Å². The number of carbonyl (C=O) groups excluding carboxylic acids is 2. The molecule has 0 amide bonds. The third-order valence-corrected chi connectivity index (χ3v) is 1.93. The van der Waals surface area contributed by atoms with E-state index in [4.69, 9.17) is 9.47 Å². The quantitative estimate of drug-likeness (QED) is 0.429. The molecule has 0 bridgehead atoms. The van der Waals surface area contributed by atoms with Crippen LogP contribution in [-0.2, 0) is 9.53 Å². The first-order chi connectivity index (χ1) is 8.24. The molecule has 0 saturated heterocycles. The number of esters is 1. The molecule has 1 aromatic carbocycles. The monoisotopic (exact) mass is 234 g/mol. The molecule has 0 radical (unpaired) electrons. The van der Waals surface area contributed by atoms with Crippen molar-refractivity contribution >= 4 is 12.3 Å². The molecule has 0 aromatic heterocycles. The average Bonchev–Trinajstić information content (AvgIpc) is 2.33. The van der Waals surface area contributed by atoms with Gasteiger partial charge in [-0.15, -0.1) is 0 Å². The van der Waals surface area contributed by atoms with Crippen LogP contribution in [0.25, 0.3) is 0 Å². The second-order valence-electron chi connectivity index (χ2n) is 3.24. The van der Waals surface area contributed by atoms with Crippen molar-refractivity contribution in [1.29, 1.82) is 0 Å². The Morgan fingerprint density at radius 1 is 1.24 bits per heavy atom. The molecule has 0 atom stereocenters. The van der Waals surface area contributed by atoms with Crippen LogP contribution in [-0.4, -0.2) is 25.5 Å². The highest BCUT2D eigenvalue weighted by Crippen LogP contribution is 2.15. The summed E-state index contributed by atoms with van der Waals surface area (Å²) in [7, 11) is 0. The van der Waals surface area contributed by atoms with Crippen LogP contribution in [0.1, 0.15) is 17.3 Å². The van der Waals surface area contributed by atoms with Crippen LogP contribution in [0.4, 0.5) is 0 Å². The van der Waals surface area contributed by atoms with Crippen LogP contribution in [0.5, 0.6) is 5.75 Å². The highest BCUT2D eigenvalue weighted by Gasteiger charge is 1.99. The second-order valence-corrected chi connectivity index (χ2v) is 3.24. The van der Waals surface area contributed by atoms with Crippen molar-refractivity contribution in [2.24, 2.45) is 0 Å². The van der Waals surface area contributed by atoms with Gasteiger partial charge in [0, 0.05) is 6.92 Å². The van der Waals surface area contributed by atoms with E-state index in [0.717, 1.165) is 6.29 Å². The summed E-state index contributed by atoms with van der Waals surface area (Å²) in [6, 6.07) is 6.98. The fraction of sp³-hybridized carbons (Fsp3) is 0.231. The van der Waals surface area contributed by atoms with E-state index in [2.05, 4.69) is 0 Å². The second kappa shape index (κ2) is 7.22. The first kappa shape index (κ1) is 13.0. The van der Waals surface area contributed by atoms with E-state index >= 15 is 0 Å². The summed E-state index contributed by atoms with van der Waals surface area (Å²) < 4.78 is 10.1. The average molecular weight is 234 g/mol. The third-order valence-electron chi connectivity index (χ3n) is 1.93. The minimum absolute atomic E-state index is 0.230. The molecule has 0 heterocycles. The summed E-state index contributed by atoms with van der Waals surface area (Å²) in [5, 5.41) is 0. The Bertz CT molecular complexity index is 410. The van der Waals surface area contributed by atoms with Gasteiger partial charge in [0.2, 0.25) is 0 Å². The zero-order valence-corrected chi connectivity index (χ0v) is 9.59. The molecule has 1 aromatic rings. The zero-order chi connectivity index (χ0) is 12.5. The van der Waals surface area contributed by atoms with Gasteiger partial charge in [-0.2, -0.15) is 0 Å². The summed E-state index contributed by atoms with van der Waals surface area (Å²) in [5.41, 5.74) is 0.515. The zero-order valence-electron chi connectivity index (χ0n) is 9.59. The molecule has 0 saturated carbocycles. The molecule has 90 valence electrons. The Hall–Kier alpha value is -2.10. The molecule has 4 heteroatoms. The number of carbonyl (C=O) groups is 2. The van der Waals surface area contributed by atoms with Gasteiger partial charge in [0.25, 0.3) is 0 Å². The largest absolute Gasteiger partial charge is 0.489 e. The Balaban J connectivity index is 2.35. The van der Waals surface area contributed by atoms with Gasteiger partial charge < -0.3 is 9.47 Å². The number of para-hydroxylation sites is 1. The van der Waals surface area contributed by atoms with Crippen LogP contribution in [0.15, 0.2) is 36.4 Å². The fourth-order valence-corrected chi connectivity index (χ4v) is 1.15. The number of rotatable bonds is 6. The van der Waals surface area contributed by atoms with Crippen LogP contribution in [0.2, 0.25) is 0 Å². The molecule has 0 aliphatic carbocycles. The van der Waals surface area contributed by atoms with Gasteiger partial charge in [-0.25, -0.2) is 0 Å². The van der Waals surface area contributed by atoms with Crippen molar-refractivity contribution in [3.63, 3.8) is 0 Å². The van der Waals surface area contributed by atoms with Gasteiger partial charge in [0.05, 0.1) is 5.56 Å². The molecular formula is C13H14O4. The van der Waals surface area contributed by atoms with Gasteiger partial charge in [-0.3, -0.25) is 9.59 Å². The topological polar surface area (TPSA) is 52.6 Å². The lowest BCUT2D eigenvalue weighted by atomic mass is 10.2. The van der Waals surface area contributed by atoms with Gasteiger partial charge in [0.15, 0.2) is 6.29 Å². The number of hydrogen-bond acceptors (Lipinski definition) is 4. The van der Waals surface area contributed by atoms with Crippen molar-refractivity contribution in [2.75, 3.05) is 13.2 Å². The minimum atomic E-state index is -0.318. The third kappa shape index (κ3) is 4.97. The molecule has 4 nitrogen and oxygen atoms in total. The van der Waals surface area contributed by atoms with Crippen molar-refractivity contribution in [1.82, 2.24) is 0 Å². The summed E-state index contributed by atoms with van der Waals surface area (Å²) in [6.45, 7) is 1.91. The number of benzene rings is 1. The summed E-state index contributed by atoms with van der Waals surface area (Å²) >= 11 is 0. The van der Waals surface area contributed by atoms with Crippen molar-refractivity contribution in [3.05, 3.63) is 42.0 Å². The first-order valence-corrected chi connectivity index (χ1v) is 5.19. The molecule has 0 fully saturated rings. The SMILES string of the molecule is CC(=O)OC/C=C/COc1ccccc1C=O. The highest BCUT2D eigenvalue weighted by atomic mass is 16.5. The summed E-state index contributed by atoms with van der Waals surface area (Å²) in [5.74, 6) is 0.224. The standard InChI is InChI=1S/C13H14O4/c1-11(15)16-8-4-5-9-17-13-7-3-2-6-12(13)10-14/h2-7,10H,8-9H2,1H3/b5-4+. The molecule has 17 heavy (non-hydrogen) atoms. The van der Waals surface area contributed by atoms with E-state index in [1.165, 1.54) is 6.92 Å². The maximum Gasteiger partial charge on any atom is 0.302 e. The normalized spacial score (nSPS) is 10.2. The van der Waals surface area contributed by atoms with Crippen LogP contribution in [0, 0.1) is 0 Å². The Morgan fingerprint density at radius 3 is 2.65 bits per heavy atom. The van der Waals surface area contributed by atoms with E-state index in [1.807, 2.05) is 0 Å². The Labute approximate surface area is 99.8 Å². The van der Waals surface area contributed by atoms with E-state index in [9.17, 15) is 9.59 Å². The van der Waals surface area contributed by atoms with Crippen molar-refractivity contribution in [3.8, 4) is 5.75 Å². The first-order valence-electron chi connectivity index (χ1n) is 5.19. The number of aldehydes is 1. The minimum Gasteiger partial charge on any atom is -0.489 e. The lowest BCUT2D eigenvalue weighted by Gasteiger charge is -2.04. The molecular weight excluding hydrogens is 220 g/mol.